The van der Waals surface area contributed by atoms with Crippen LogP contribution in [0.25, 0.3) is 0 Å². The lowest BCUT2D eigenvalue weighted by atomic mass is 9.53. The number of benzene rings is 2. The van der Waals surface area contributed by atoms with E-state index in [1.807, 2.05) is 48.5 Å². The van der Waals surface area contributed by atoms with Gasteiger partial charge >= 0.3 is 6.03 Å². The van der Waals surface area contributed by atoms with Crippen molar-refractivity contribution in [3.8, 4) is 0 Å². The molecule has 2 aromatic rings. The van der Waals surface area contributed by atoms with Crippen LogP contribution in [0.1, 0.15) is 74.5 Å². The molecule has 7 nitrogen and oxygen atoms in total. The summed E-state index contributed by atoms with van der Waals surface area (Å²) in [6.45, 7) is 2.28. The minimum absolute atomic E-state index is 0.00372. The van der Waals surface area contributed by atoms with Crippen LogP contribution in [0.5, 0.6) is 0 Å². The maximum absolute atomic E-state index is 13.2. The monoisotopic (exact) mass is 566 g/mol. The lowest BCUT2D eigenvalue weighted by Crippen LogP contribution is -2.60. The Morgan fingerprint density at radius 3 is 2.33 bits per heavy atom. The Kier molecular flexibility index (Phi) is 8.43. The smallest absolute Gasteiger partial charge is 0.319 e. The Morgan fingerprint density at radius 1 is 0.975 bits per heavy atom. The Hall–Kier alpha value is -2.10. The highest BCUT2D eigenvalue weighted by atomic mass is 32.2. The second kappa shape index (κ2) is 12.0. The molecule has 4 atom stereocenters. The molecule has 5 fully saturated rings. The van der Waals surface area contributed by atoms with Crippen LogP contribution < -0.4 is 10.6 Å². The van der Waals surface area contributed by atoms with Gasteiger partial charge in [-0.1, -0.05) is 43.3 Å². The van der Waals surface area contributed by atoms with E-state index in [0.29, 0.717) is 5.75 Å². The van der Waals surface area contributed by atoms with Gasteiger partial charge in [-0.05, 0) is 79.5 Å². The molecule has 1 aliphatic heterocycles. The number of aliphatic hydroxyl groups is 2. The first kappa shape index (κ1) is 28.0. The largest absolute Gasteiger partial charge is 0.396 e. The molecule has 4 N–H and O–H groups in total. The predicted molar refractivity (Wildman–Crippen MR) is 157 cm³/mol. The van der Waals surface area contributed by atoms with E-state index in [0.717, 1.165) is 65.1 Å². The number of hydrogen-bond donors (Lipinski definition) is 4. The molecule has 2 amide bonds. The molecule has 40 heavy (non-hydrogen) atoms. The Morgan fingerprint density at radius 2 is 1.68 bits per heavy atom. The first-order valence-corrected chi connectivity index (χ1v) is 16.0. The molecular weight excluding hydrogens is 524 g/mol. The predicted octanol–water partition coefficient (Wildman–Crippen LogP) is 5.79. The van der Waals surface area contributed by atoms with Crippen molar-refractivity contribution in [1.82, 2.24) is 5.32 Å². The van der Waals surface area contributed by atoms with E-state index >= 15 is 0 Å². The third-order valence-corrected chi connectivity index (χ3v) is 10.5. The second-order valence-corrected chi connectivity index (χ2v) is 13.7. The lowest BCUT2D eigenvalue weighted by Gasteiger charge is -2.56. The van der Waals surface area contributed by atoms with Gasteiger partial charge < -0.3 is 30.3 Å². The summed E-state index contributed by atoms with van der Waals surface area (Å²) < 4.78 is 13.0. The molecule has 7 rings (SSSR count). The highest BCUT2D eigenvalue weighted by molar-refractivity contribution is 7.99. The molecule has 4 unspecified atom stereocenters. The second-order valence-electron chi connectivity index (χ2n) is 12.5. The molecule has 4 saturated carbocycles. The average molecular weight is 567 g/mol. The third-order valence-electron chi connectivity index (χ3n) is 9.47. The number of thioether (sulfide) groups is 1. The summed E-state index contributed by atoms with van der Waals surface area (Å²) in [5, 5.41) is 25.3. The molecule has 0 aromatic heterocycles. The van der Waals surface area contributed by atoms with E-state index in [-0.39, 0.29) is 42.9 Å². The van der Waals surface area contributed by atoms with Crippen LogP contribution in [0.3, 0.4) is 0 Å². The van der Waals surface area contributed by atoms with Crippen molar-refractivity contribution >= 4 is 23.5 Å². The molecule has 4 bridgehead atoms. The number of hydrogen-bond acceptors (Lipinski definition) is 6. The minimum Gasteiger partial charge on any atom is -0.396 e. The summed E-state index contributed by atoms with van der Waals surface area (Å²) in [6, 6.07) is 15.5. The SMILES string of the molecule is CC1C(CSCCO)OC(c2cccc(NC(=O)NC34CC5CC(CC(C5)C3)C4)c2)OC1c1ccc(CO)cc1. The van der Waals surface area contributed by atoms with Gasteiger partial charge in [0.1, 0.15) is 0 Å². The molecule has 0 spiro atoms. The van der Waals surface area contributed by atoms with Gasteiger partial charge in [0, 0.05) is 34.2 Å². The summed E-state index contributed by atoms with van der Waals surface area (Å²) in [4.78, 5) is 13.2. The van der Waals surface area contributed by atoms with Crippen molar-refractivity contribution in [2.75, 3.05) is 23.4 Å². The number of carbonyl (C=O) groups is 1. The van der Waals surface area contributed by atoms with Crippen molar-refractivity contribution in [1.29, 1.82) is 0 Å². The van der Waals surface area contributed by atoms with Gasteiger partial charge in [0.05, 0.1) is 25.4 Å². The summed E-state index contributed by atoms with van der Waals surface area (Å²) in [6.07, 6.45) is 6.52. The molecular formula is C32H42N2O5S. The van der Waals surface area contributed by atoms with E-state index in [2.05, 4.69) is 17.6 Å². The number of carbonyl (C=O) groups excluding carboxylic acids is 1. The van der Waals surface area contributed by atoms with Crippen LogP contribution in [0.15, 0.2) is 48.5 Å². The van der Waals surface area contributed by atoms with Gasteiger partial charge in [0.25, 0.3) is 0 Å². The first-order valence-electron chi connectivity index (χ1n) is 14.8. The van der Waals surface area contributed by atoms with Gasteiger partial charge in [-0.25, -0.2) is 4.79 Å². The standard InChI is InChI=1S/C32H42N2O5S/c1-20-28(19-40-10-9-35)38-30(39-29(20)25-7-5-21(18-36)6-8-25)26-3-2-4-27(14-26)33-31(37)34-32-15-22-11-23(16-32)13-24(12-22)17-32/h2-8,14,20,22-24,28-30,35-36H,9-13,15-19H2,1H3,(H2,33,34,37). The zero-order valence-corrected chi connectivity index (χ0v) is 24.1. The molecule has 4 aliphatic carbocycles. The number of aliphatic hydroxyl groups excluding tert-OH is 2. The summed E-state index contributed by atoms with van der Waals surface area (Å²) >= 11 is 1.67. The van der Waals surface area contributed by atoms with Crippen LogP contribution in [0.2, 0.25) is 0 Å². The van der Waals surface area contributed by atoms with Crippen LogP contribution in [-0.2, 0) is 16.1 Å². The normalized spacial score (nSPS) is 34.5. The maximum Gasteiger partial charge on any atom is 0.319 e. The topological polar surface area (TPSA) is 100 Å². The van der Waals surface area contributed by atoms with E-state index < -0.39 is 6.29 Å². The fourth-order valence-corrected chi connectivity index (χ4v) is 8.91. The number of rotatable bonds is 9. The van der Waals surface area contributed by atoms with Crippen molar-refractivity contribution in [2.45, 2.75) is 76.1 Å². The summed E-state index contributed by atoms with van der Waals surface area (Å²) in [5.41, 5.74) is 3.44. The van der Waals surface area contributed by atoms with Gasteiger partial charge in [-0.15, -0.1) is 0 Å². The van der Waals surface area contributed by atoms with Crippen LogP contribution >= 0.6 is 11.8 Å². The van der Waals surface area contributed by atoms with Crippen LogP contribution in [-0.4, -0.2) is 46.0 Å². The van der Waals surface area contributed by atoms with Gasteiger partial charge in [-0.3, -0.25) is 0 Å². The zero-order chi connectivity index (χ0) is 27.7. The van der Waals surface area contributed by atoms with Crippen LogP contribution in [0.4, 0.5) is 10.5 Å². The van der Waals surface area contributed by atoms with Crippen LogP contribution in [0, 0.1) is 23.7 Å². The van der Waals surface area contributed by atoms with E-state index in [4.69, 9.17) is 9.47 Å². The maximum atomic E-state index is 13.2. The summed E-state index contributed by atoms with van der Waals surface area (Å²) in [7, 11) is 0. The fraction of sp³-hybridized carbons (Fsp3) is 0.594. The van der Waals surface area contributed by atoms with Gasteiger partial charge in [0.15, 0.2) is 6.29 Å². The van der Waals surface area contributed by atoms with Crippen molar-refractivity contribution in [2.24, 2.45) is 23.7 Å². The Balaban J connectivity index is 1.16. The average Bonchev–Trinajstić information content (AvgIpc) is 2.93. The van der Waals surface area contributed by atoms with Gasteiger partial charge in [0.2, 0.25) is 0 Å². The number of ether oxygens (including phenoxy) is 2. The van der Waals surface area contributed by atoms with Crippen molar-refractivity contribution < 1.29 is 24.5 Å². The molecule has 0 radical (unpaired) electrons. The van der Waals surface area contributed by atoms with Gasteiger partial charge in [-0.2, -0.15) is 11.8 Å². The number of nitrogens with one attached hydrogen (secondary N) is 2. The van der Waals surface area contributed by atoms with E-state index in [1.54, 1.807) is 11.8 Å². The molecule has 1 saturated heterocycles. The quantitative estimate of drug-likeness (QED) is 0.287. The number of amides is 2. The lowest BCUT2D eigenvalue weighted by molar-refractivity contribution is -0.268. The van der Waals surface area contributed by atoms with E-state index in [1.165, 1.54) is 19.3 Å². The molecule has 216 valence electrons. The molecule has 1 heterocycles. The Bertz CT molecular complexity index is 1140. The highest BCUT2D eigenvalue weighted by Crippen LogP contribution is 2.55. The first-order chi connectivity index (χ1) is 19.4. The third kappa shape index (κ3) is 6.07. The van der Waals surface area contributed by atoms with E-state index in [9.17, 15) is 15.0 Å². The zero-order valence-electron chi connectivity index (χ0n) is 23.3. The number of anilines is 1. The minimum atomic E-state index is -0.591. The van der Waals surface area contributed by atoms with Crippen molar-refractivity contribution in [3.63, 3.8) is 0 Å². The molecule has 8 heteroatoms. The molecule has 2 aromatic carbocycles. The van der Waals surface area contributed by atoms with Crippen molar-refractivity contribution in [3.05, 3.63) is 65.2 Å². The summed E-state index contributed by atoms with van der Waals surface area (Å²) in [5.74, 6) is 3.82. The fourth-order valence-electron chi connectivity index (χ4n) is 8.00. The molecule has 5 aliphatic rings. The number of urea groups is 1. The highest BCUT2D eigenvalue weighted by Gasteiger charge is 2.51. The Labute approximate surface area is 241 Å².